The number of carbonyl (C=O) groups is 1. The van der Waals surface area contributed by atoms with Crippen LogP contribution in [0.5, 0.6) is 11.5 Å². The van der Waals surface area contributed by atoms with E-state index in [1.807, 2.05) is 69.3 Å². The molecule has 0 aromatic heterocycles. The van der Waals surface area contributed by atoms with Crippen LogP contribution >= 0.6 is 0 Å². The van der Waals surface area contributed by atoms with Crippen molar-refractivity contribution in [3.05, 3.63) is 59.2 Å². The van der Waals surface area contributed by atoms with Gasteiger partial charge in [0.05, 0.1) is 7.11 Å². The Hall–Kier alpha value is -2.95. The molecule has 0 aliphatic heterocycles. The molecule has 1 amide bonds. The molecule has 5 heteroatoms. The summed E-state index contributed by atoms with van der Waals surface area (Å²) in [7, 11) is 1.59. The van der Waals surface area contributed by atoms with Crippen LogP contribution in [-0.4, -0.2) is 26.4 Å². The number of hydrogen-bond donors (Lipinski definition) is 1. The highest BCUT2D eigenvalue weighted by Crippen LogP contribution is 2.28. The highest BCUT2D eigenvalue weighted by molar-refractivity contribution is 5.86. The van der Waals surface area contributed by atoms with Gasteiger partial charge in [0.2, 0.25) is 0 Å². The first-order valence-electron chi connectivity index (χ1n) is 8.48. The van der Waals surface area contributed by atoms with Crippen LogP contribution in [0.15, 0.2) is 42.5 Å². The zero-order valence-electron chi connectivity index (χ0n) is 15.7. The number of anilines is 1. The Labute approximate surface area is 154 Å². The molecule has 2 aromatic rings. The van der Waals surface area contributed by atoms with Crippen molar-refractivity contribution < 1.29 is 19.0 Å². The van der Waals surface area contributed by atoms with Crippen molar-refractivity contribution in [1.29, 1.82) is 0 Å². The molecule has 0 fully saturated rings. The average molecular weight is 355 g/mol. The van der Waals surface area contributed by atoms with E-state index in [1.54, 1.807) is 7.11 Å². The Kier molecular flexibility index (Phi) is 7.09. The van der Waals surface area contributed by atoms with Gasteiger partial charge >= 0.3 is 6.09 Å². The number of benzene rings is 2. The number of amides is 1. The number of carbonyl (C=O) groups excluding carboxylic acids is 1. The molecule has 0 unspecified atom stereocenters. The van der Waals surface area contributed by atoms with E-state index in [0.29, 0.717) is 11.5 Å². The van der Waals surface area contributed by atoms with Gasteiger partial charge in [0.1, 0.15) is 13.2 Å². The molecule has 0 aliphatic carbocycles. The molecule has 26 heavy (non-hydrogen) atoms. The molecule has 0 radical (unpaired) electrons. The van der Waals surface area contributed by atoms with E-state index in [1.165, 1.54) is 0 Å². The van der Waals surface area contributed by atoms with E-state index in [2.05, 4.69) is 5.32 Å². The Morgan fingerprint density at radius 1 is 1.08 bits per heavy atom. The standard InChI is InChI=1S/C21H25NO4/c1-5-7-17-10-11-18(19(14-17)24-4)25-12-13-26-21(23)22-20-15(2)8-6-9-16(20)3/h5-11,14H,12-13H2,1-4H3,(H,22,23)/b7-5-. The van der Waals surface area contributed by atoms with Crippen LogP contribution in [0.3, 0.4) is 0 Å². The van der Waals surface area contributed by atoms with Crippen molar-refractivity contribution in [1.82, 2.24) is 0 Å². The Morgan fingerprint density at radius 2 is 1.81 bits per heavy atom. The predicted molar refractivity (Wildman–Crippen MR) is 104 cm³/mol. The molecule has 5 nitrogen and oxygen atoms in total. The summed E-state index contributed by atoms with van der Waals surface area (Å²) >= 11 is 0. The molecular weight excluding hydrogens is 330 g/mol. The zero-order chi connectivity index (χ0) is 18.9. The van der Waals surface area contributed by atoms with Crippen LogP contribution in [0.25, 0.3) is 6.08 Å². The van der Waals surface area contributed by atoms with E-state index in [4.69, 9.17) is 14.2 Å². The van der Waals surface area contributed by atoms with Gasteiger partial charge < -0.3 is 14.2 Å². The minimum atomic E-state index is -0.499. The summed E-state index contributed by atoms with van der Waals surface area (Å²) in [5.74, 6) is 1.25. The van der Waals surface area contributed by atoms with Crippen LogP contribution in [0.1, 0.15) is 23.6 Å². The lowest BCUT2D eigenvalue weighted by Gasteiger charge is -2.13. The molecule has 0 bridgehead atoms. The fraction of sp³-hybridized carbons (Fsp3) is 0.286. The zero-order valence-corrected chi connectivity index (χ0v) is 15.7. The second-order valence-electron chi connectivity index (χ2n) is 5.79. The van der Waals surface area contributed by atoms with E-state index in [9.17, 15) is 4.79 Å². The predicted octanol–water partition coefficient (Wildman–Crippen LogP) is 4.97. The van der Waals surface area contributed by atoms with Crippen molar-refractivity contribution in [2.45, 2.75) is 20.8 Å². The number of hydrogen-bond acceptors (Lipinski definition) is 4. The summed E-state index contributed by atoms with van der Waals surface area (Å²) in [5.41, 5.74) is 3.79. The molecule has 0 atom stereocenters. The molecule has 138 valence electrons. The summed E-state index contributed by atoms with van der Waals surface area (Å²) in [6.45, 7) is 6.21. The largest absolute Gasteiger partial charge is 0.493 e. The fourth-order valence-corrected chi connectivity index (χ4v) is 2.54. The van der Waals surface area contributed by atoms with Crippen molar-refractivity contribution in [3.63, 3.8) is 0 Å². The molecule has 1 N–H and O–H groups in total. The van der Waals surface area contributed by atoms with Crippen LogP contribution in [0, 0.1) is 13.8 Å². The maximum absolute atomic E-state index is 11.9. The SMILES string of the molecule is C/C=C\c1ccc(OCCOC(=O)Nc2c(C)cccc2C)c(OC)c1. The summed E-state index contributed by atoms with van der Waals surface area (Å²) in [6, 6.07) is 11.5. The number of rotatable bonds is 7. The molecule has 0 heterocycles. The maximum atomic E-state index is 11.9. The average Bonchev–Trinajstić information content (AvgIpc) is 2.63. The maximum Gasteiger partial charge on any atom is 0.411 e. The Bertz CT molecular complexity index is 763. The van der Waals surface area contributed by atoms with Crippen LogP contribution in [-0.2, 0) is 4.74 Å². The molecule has 0 saturated carbocycles. The third-order valence-corrected chi connectivity index (χ3v) is 3.83. The number of nitrogens with one attached hydrogen (secondary N) is 1. The molecule has 2 rings (SSSR count). The highest BCUT2D eigenvalue weighted by atomic mass is 16.6. The van der Waals surface area contributed by atoms with Gasteiger partial charge in [-0.3, -0.25) is 5.32 Å². The Morgan fingerprint density at radius 3 is 2.46 bits per heavy atom. The smallest absolute Gasteiger partial charge is 0.411 e. The molecule has 0 saturated heterocycles. The number of ether oxygens (including phenoxy) is 3. The van der Waals surface area contributed by atoms with Gasteiger partial charge in [-0.05, 0) is 49.6 Å². The molecule has 0 spiro atoms. The highest BCUT2D eigenvalue weighted by Gasteiger charge is 2.09. The first-order chi connectivity index (χ1) is 12.5. The quantitative estimate of drug-likeness (QED) is 0.712. The number of allylic oxidation sites excluding steroid dienone is 1. The monoisotopic (exact) mass is 355 g/mol. The minimum Gasteiger partial charge on any atom is -0.493 e. The number of aryl methyl sites for hydroxylation is 2. The van der Waals surface area contributed by atoms with Crippen molar-refractivity contribution in [2.24, 2.45) is 0 Å². The lowest BCUT2D eigenvalue weighted by molar-refractivity contribution is 0.136. The molecular formula is C21H25NO4. The lowest BCUT2D eigenvalue weighted by atomic mass is 10.1. The van der Waals surface area contributed by atoms with Gasteiger partial charge in [-0.1, -0.05) is 36.4 Å². The minimum absolute atomic E-state index is 0.135. The van der Waals surface area contributed by atoms with Gasteiger partial charge in [-0.25, -0.2) is 4.79 Å². The normalized spacial score (nSPS) is 10.6. The topological polar surface area (TPSA) is 56.8 Å². The van der Waals surface area contributed by atoms with Crippen LogP contribution in [0.2, 0.25) is 0 Å². The summed E-state index contributed by atoms with van der Waals surface area (Å²) < 4.78 is 16.2. The number of methoxy groups -OCH3 is 1. The summed E-state index contributed by atoms with van der Waals surface area (Å²) in [4.78, 5) is 11.9. The third kappa shape index (κ3) is 5.28. The summed E-state index contributed by atoms with van der Waals surface area (Å²) in [5, 5.41) is 2.77. The van der Waals surface area contributed by atoms with Gasteiger partial charge in [0.25, 0.3) is 0 Å². The van der Waals surface area contributed by atoms with Crippen LogP contribution < -0.4 is 14.8 Å². The summed E-state index contributed by atoms with van der Waals surface area (Å²) in [6.07, 6.45) is 3.44. The molecule has 0 aliphatic rings. The van der Waals surface area contributed by atoms with Gasteiger partial charge in [0, 0.05) is 5.69 Å². The van der Waals surface area contributed by atoms with Crippen molar-refractivity contribution in [2.75, 3.05) is 25.6 Å². The second-order valence-corrected chi connectivity index (χ2v) is 5.79. The fourth-order valence-electron chi connectivity index (χ4n) is 2.54. The van der Waals surface area contributed by atoms with E-state index >= 15 is 0 Å². The first kappa shape index (κ1) is 19.4. The second kappa shape index (κ2) is 9.51. The third-order valence-electron chi connectivity index (χ3n) is 3.83. The van der Waals surface area contributed by atoms with Gasteiger partial charge in [0.15, 0.2) is 11.5 Å². The lowest BCUT2D eigenvalue weighted by Crippen LogP contribution is -2.18. The van der Waals surface area contributed by atoms with E-state index in [0.717, 1.165) is 22.4 Å². The van der Waals surface area contributed by atoms with Crippen molar-refractivity contribution >= 4 is 17.9 Å². The number of para-hydroxylation sites is 1. The Balaban J connectivity index is 1.84. The van der Waals surface area contributed by atoms with Gasteiger partial charge in [-0.15, -0.1) is 0 Å². The van der Waals surface area contributed by atoms with E-state index in [-0.39, 0.29) is 13.2 Å². The van der Waals surface area contributed by atoms with Gasteiger partial charge in [-0.2, -0.15) is 0 Å². The molecule has 2 aromatic carbocycles. The first-order valence-corrected chi connectivity index (χ1v) is 8.48. The van der Waals surface area contributed by atoms with Crippen LogP contribution in [0.4, 0.5) is 10.5 Å². The van der Waals surface area contributed by atoms with E-state index < -0.39 is 6.09 Å². The van der Waals surface area contributed by atoms with Crippen molar-refractivity contribution in [3.8, 4) is 11.5 Å².